The molecule has 4 rings (SSSR count). The average molecular weight is 547 g/mol. The van der Waals surface area contributed by atoms with Gasteiger partial charge in [-0.2, -0.15) is 0 Å². The van der Waals surface area contributed by atoms with Gasteiger partial charge in [-0.05, 0) is 64.6 Å². The van der Waals surface area contributed by atoms with E-state index < -0.39 is 0 Å². The van der Waals surface area contributed by atoms with Gasteiger partial charge < -0.3 is 11.1 Å². The Morgan fingerprint density at radius 3 is 2.02 bits per heavy atom. The van der Waals surface area contributed by atoms with E-state index in [2.05, 4.69) is 116 Å². The molecule has 0 amide bonds. The molecule has 0 bridgehead atoms. The molecule has 0 aromatic heterocycles. The molecule has 0 heterocycles. The molecule has 2 nitrogen and oxygen atoms in total. The average Bonchev–Trinajstić information content (AvgIpc) is 3.03. The quantitative estimate of drug-likeness (QED) is 0.173. The molecule has 0 saturated heterocycles. The lowest BCUT2D eigenvalue weighted by molar-refractivity contribution is 1.01. The summed E-state index contributed by atoms with van der Waals surface area (Å²) in [6.45, 7) is 13.9. The molecule has 0 aliphatic rings. The minimum absolute atomic E-state index is 0.00245. The fraction of sp³-hybridized carbons (Fsp3) is 0.0500. The number of hydrogen-bond donors (Lipinski definition) is 2. The van der Waals surface area contributed by atoms with Crippen molar-refractivity contribution in [2.75, 3.05) is 5.32 Å². The lowest BCUT2D eigenvalue weighted by Gasteiger charge is -2.17. The van der Waals surface area contributed by atoms with Gasteiger partial charge in [0.1, 0.15) is 0 Å². The molecular formula is C40H38N2. The second-order valence-corrected chi connectivity index (χ2v) is 9.85. The zero-order valence-electron chi connectivity index (χ0n) is 24.2. The smallest absolute Gasteiger partial charge is 0.0463 e. The van der Waals surface area contributed by atoms with Crippen LogP contribution in [0.15, 0.2) is 183 Å². The van der Waals surface area contributed by atoms with Crippen LogP contribution >= 0.6 is 0 Å². The lowest BCUT2D eigenvalue weighted by atomic mass is 9.88. The Hall–Kier alpha value is -5.34. The van der Waals surface area contributed by atoms with E-state index in [4.69, 9.17) is 5.73 Å². The zero-order valence-corrected chi connectivity index (χ0v) is 24.2. The molecule has 0 saturated carbocycles. The summed E-state index contributed by atoms with van der Waals surface area (Å²) in [7, 11) is 0. The number of para-hydroxylation sites is 1. The Morgan fingerprint density at radius 2 is 1.38 bits per heavy atom. The van der Waals surface area contributed by atoms with Crippen molar-refractivity contribution in [2.24, 2.45) is 5.73 Å². The SMILES string of the molecule is C=C/C=C(C=C)/C(N)=C/C(c1ccccc1)c1ccc(-c2ccc(Nc3ccccc3C(=C)/C=C\C=C/C)cc2)cc1. The molecule has 3 N–H and O–H groups in total. The summed E-state index contributed by atoms with van der Waals surface area (Å²) >= 11 is 0. The first-order chi connectivity index (χ1) is 20.5. The maximum absolute atomic E-state index is 6.49. The van der Waals surface area contributed by atoms with Crippen molar-refractivity contribution in [2.45, 2.75) is 12.8 Å². The van der Waals surface area contributed by atoms with Gasteiger partial charge in [-0.15, -0.1) is 0 Å². The van der Waals surface area contributed by atoms with Crippen LogP contribution in [0.5, 0.6) is 0 Å². The topological polar surface area (TPSA) is 38.0 Å². The third-order valence-corrected chi connectivity index (χ3v) is 7.00. The highest BCUT2D eigenvalue weighted by Gasteiger charge is 2.13. The predicted octanol–water partition coefficient (Wildman–Crippen LogP) is 10.5. The first-order valence-electron chi connectivity index (χ1n) is 14.1. The minimum atomic E-state index is 0.00245. The summed E-state index contributed by atoms with van der Waals surface area (Å²) in [5.74, 6) is 0.00245. The van der Waals surface area contributed by atoms with Gasteiger partial charge in [-0.3, -0.25) is 0 Å². The highest BCUT2D eigenvalue weighted by atomic mass is 14.9. The van der Waals surface area contributed by atoms with Crippen molar-refractivity contribution in [3.63, 3.8) is 0 Å². The number of benzene rings is 4. The van der Waals surface area contributed by atoms with Crippen LogP contribution < -0.4 is 11.1 Å². The molecule has 4 aromatic carbocycles. The summed E-state index contributed by atoms with van der Waals surface area (Å²) in [5, 5.41) is 3.56. The van der Waals surface area contributed by atoms with Crippen molar-refractivity contribution in [1.29, 1.82) is 0 Å². The Kier molecular flexibility index (Phi) is 10.5. The van der Waals surface area contributed by atoms with Gasteiger partial charge in [-0.1, -0.05) is 147 Å². The van der Waals surface area contributed by atoms with Crippen molar-refractivity contribution in [3.8, 4) is 11.1 Å². The summed E-state index contributed by atoms with van der Waals surface area (Å²) in [5.41, 5.74) is 16.7. The van der Waals surface area contributed by atoms with Gasteiger partial charge in [0.15, 0.2) is 0 Å². The molecule has 2 heteroatoms. The van der Waals surface area contributed by atoms with E-state index in [1.165, 1.54) is 5.56 Å². The molecular weight excluding hydrogens is 508 g/mol. The fourth-order valence-corrected chi connectivity index (χ4v) is 4.76. The van der Waals surface area contributed by atoms with Crippen molar-refractivity contribution in [1.82, 2.24) is 0 Å². The Bertz CT molecular complexity index is 1630. The molecule has 208 valence electrons. The minimum Gasteiger partial charge on any atom is -0.398 e. The largest absolute Gasteiger partial charge is 0.398 e. The summed E-state index contributed by atoms with van der Waals surface area (Å²) in [6, 6.07) is 35.8. The molecule has 0 aliphatic carbocycles. The van der Waals surface area contributed by atoms with E-state index in [-0.39, 0.29) is 5.92 Å². The Balaban J connectivity index is 1.56. The van der Waals surface area contributed by atoms with Gasteiger partial charge >= 0.3 is 0 Å². The van der Waals surface area contributed by atoms with Gasteiger partial charge in [0.2, 0.25) is 0 Å². The van der Waals surface area contributed by atoms with Crippen LogP contribution in [0, 0.1) is 0 Å². The summed E-state index contributed by atoms with van der Waals surface area (Å²) in [4.78, 5) is 0. The Labute approximate surface area is 251 Å². The maximum atomic E-state index is 6.49. The van der Waals surface area contributed by atoms with Crippen LogP contribution in [-0.2, 0) is 0 Å². The number of allylic oxidation sites excluding steroid dienone is 9. The van der Waals surface area contributed by atoms with Crippen LogP contribution in [0.4, 0.5) is 11.4 Å². The third kappa shape index (κ3) is 7.65. The molecule has 0 fully saturated rings. The second kappa shape index (κ2) is 14.9. The van der Waals surface area contributed by atoms with Gasteiger partial charge in [0.05, 0.1) is 0 Å². The van der Waals surface area contributed by atoms with E-state index in [1.54, 1.807) is 12.2 Å². The molecule has 0 spiro atoms. The maximum Gasteiger partial charge on any atom is 0.0463 e. The van der Waals surface area contributed by atoms with E-state index in [9.17, 15) is 0 Å². The molecule has 1 atom stereocenters. The van der Waals surface area contributed by atoms with Crippen LogP contribution in [-0.4, -0.2) is 0 Å². The van der Waals surface area contributed by atoms with Gasteiger partial charge in [0.25, 0.3) is 0 Å². The number of rotatable bonds is 12. The molecule has 4 aromatic rings. The van der Waals surface area contributed by atoms with Crippen LogP contribution in [0.2, 0.25) is 0 Å². The number of hydrogen-bond acceptors (Lipinski definition) is 2. The van der Waals surface area contributed by atoms with Crippen molar-refractivity contribution < 1.29 is 0 Å². The van der Waals surface area contributed by atoms with Gasteiger partial charge in [-0.25, -0.2) is 0 Å². The fourth-order valence-electron chi connectivity index (χ4n) is 4.76. The zero-order chi connectivity index (χ0) is 29.7. The number of nitrogens with two attached hydrogens (primary N) is 1. The third-order valence-electron chi connectivity index (χ3n) is 7.00. The standard InChI is InChI=1S/C40H38N2/c1-5-8-10-16-30(4)37-19-13-14-20-40(37)42-36-27-25-33(26-28-36)32-21-23-35(24-22-32)38(34-17-11-9-12-18-34)29-39(41)31(7-3)15-6-2/h5-29,38,42H,2-4,41H2,1H3/b8-5-,16-10-,31-15+,39-29-. The lowest BCUT2D eigenvalue weighted by Crippen LogP contribution is -2.05. The Morgan fingerprint density at radius 1 is 0.762 bits per heavy atom. The van der Waals surface area contributed by atoms with Crippen LogP contribution in [0.3, 0.4) is 0 Å². The number of anilines is 2. The first kappa shape index (κ1) is 29.6. The van der Waals surface area contributed by atoms with Crippen LogP contribution in [0.25, 0.3) is 16.7 Å². The predicted molar refractivity (Wildman–Crippen MR) is 184 cm³/mol. The summed E-state index contributed by atoms with van der Waals surface area (Å²) < 4.78 is 0. The van der Waals surface area contributed by atoms with E-state index >= 15 is 0 Å². The van der Waals surface area contributed by atoms with Crippen LogP contribution in [0.1, 0.15) is 29.5 Å². The van der Waals surface area contributed by atoms with Gasteiger partial charge in [0, 0.05) is 28.6 Å². The highest BCUT2D eigenvalue weighted by molar-refractivity contribution is 5.83. The number of nitrogens with one attached hydrogen (secondary N) is 1. The van der Waals surface area contributed by atoms with E-state index in [0.29, 0.717) is 5.70 Å². The molecule has 0 radical (unpaired) electrons. The van der Waals surface area contributed by atoms with E-state index in [0.717, 1.165) is 44.8 Å². The van der Waals surface area contributed by atoms with Crippen molar-refractivity contribution in [3.05, 3.63) is 199 Å². The highest BCUT2D eigenvalue weighted by Crippen LogP contribution is 2.31. The monoisotopic (exact) mass is 546 g/mol. The second-order valence-electron chi connectivity index (χ2n) is 9.85. The first-order valence-corrected chi connectivity index (χ1v) is 14.1. The van der Waals surface area contributed by atoms with E-state index in [1.807, 2.05) is 55.5 Å². The van der Waals surface area contributed by atoms with Crippen molar-refractivity contribution >= 4 is 16.9 Å². The molecule has 1 unspecified atom stereocenters. The summed E-state index contributed by atoms with van der Waals surface area (Å²) in [6.07, 6.45) is 15.5. The molecule has 42 heavy (non-hydrogen) atoms. The normalized spacial score (nSPS) is 12.8. The molecule has 0 aliphatic heterocycles.